The van der Waals surface area contributed by atoms with E-state index in [0.717, 1.165) is 19.3 Å². The first kappa shape index (κ1) is 8.05. The second kappa shape index (κ2) is 3.05. The van der Waals surface area contributed by atoms with Gasteiger partial charge in [0.1, 0.15) is 6.10 Å². The SMILES string of the molecule is O=C1C[C@@H]2CC[C@@H](CO)C[C@@H]2O1. The van der Waals surface area contributed by atoms with Gasteiger partial charge in [-0.1, -0.05) is 0 Å². The third-order valence-corrected chi connectivity index (χ3v) is 3.01. The van der Waals surface area contributed by atoms with Crippen molar-refractivity contribution in [3.63, 3.8) is 0 Å². The Bertz CT molecular complexity index is 190. The maximum atomic E-state index is 10.9. The summed E-state index contributed by atoms with van der Waals surface area (Å²) in [5.41, 5.74) is 0. The number of fused-ring (bicyclic) bond motifs is 1. The van der Waals surface area contributed by atoms with Gasteiger partial charge in [-0.2, -0.15) is 0 Å². The smallest absolute Gasteiger partial charge is 0.306 e. The van der Waals surface area contributed by atoms with Gasteiger partial charge in [0.15, 0.2) is 0 Å². The van der Waals surface area contributed by atoms with Gasteiger partial charge >= 0.3 is 5.97 Å². The zero-order valence-corrected chi connectivity index (χ0v) is 7.03. The lowest BCUT2D eigenvalue weighted by Crippen LogP contribution is -2.27. The van der Waals surface area contributed by atoms with Crippen molar-refractivity contribution in [3.8, 4) is 0 Å². The standard InChI is InChI=1S/C9H14O3/c10-5-6-1-2-7-4-9(11)12-8(7)3-6/h6-8,10H,1-5H2/t6-,7+,8+/m1/s1. The minimum atomic E-state index is -0.0522. The molecule has 0 aromatic heterocycles. The van der Waals surface area contributed by atoms with Crippen molar-refractivity contribution in [3.05, 3.63) is 0 Å². The van der Waals surface area contributed by atoms with Crippen LogP contribution in [0, 0.1) is 11.8 Å². The average molecular weight is 170 g/mol. The molecular weight excluding hydrogens is 156 g/mol. The number of carbonyl (C=O) groups excluding carboxylic acids is 1. The van der Waals surface area contributed by atoms with Gasteiger partial charge in [-0.3, -0.25) is 4.79 Å². The average Bonchev–Trinajstić information content (AvgIpc) is 2.43. The quantitative estimate of drug-likeness (QED) is 0.589. The van der Waals surface area contributed by atoms with Crippen LogP contribution in [0.5, 0.6) is 0 Å². The van der Waals surface area contributed by atoms with Crippen LogP contribution in [-0.2, 0) is 9.53 Å². The van der Waals surface area contributed by atoms with E-state index in [0.29, 0.717) is 18.3 Å². The third kappa shape index (κ3) is 1.33. The Morgan fingerprint density at radius 2 is 2.33 bits per heavy atom. The first-order valence-electron chi connectivity index (χ1n) is 4.60. The van der Waals surface area contributed by atoms with E-state index in [2.05, 4.69) is 0 Å². The van der Waals surface area contributed by atoms with Crippen LogP contribution in [0.1, 0.15) is 25.7 Å². The highest BCUT2D eigenvalue weighted by Crippen LogP contribution is 2.37. The zero-order valence-electron chi connectivity index (χ0n) is 7.03. The van der Waals surface area contributed by atoms with Crippen LogP contribution in [0.25, 0.3) is 0 Å². The molecule has 1 aliphatic heterocycles. The van der Waals surface area contributed by atoms with Gasteiger partial charge < -0.3 is 9.84 Å². The summed E-state index contributed by atoms with van der Waals surface area (Å²) in [6.07, 6.45) is 3.68. The van der Waals surface area contributed by atoms with E-state index in [4.69, 9.17) is 9.84 Å². The molecule has 1 heterocycles. The predicted octanol–water partition coefficient (Wildman–Crippen LogP) is 0.710. The largest absolute Gasteiger partial charge is 0.462 e. The molecule has 68 valence electrons. The van der Waals surface area contributed by atoms with Gasteiger partial charge in [-0.15, -0.1) is 0 Å². The summed E-state index contributed by atoms with van der Waals surface area (Å²) in [5.74, 6) is 0.751. The van der Waals surface area contributed by atoms with Crippen molar-refractivity contribution < 1.29 is 14.6 Å². The van der Waals surface area contributed by atoms with Crippen molar-refractivity contribution in [1.29, 1.82) is 0 Å². The lowest BCUT2D eigenvalue weighted by molar-refractivity contribution is -0.142. The molecule has 1 aliphatic carbocycles. The number of ether oxygens (including phenoxy) is 1. The maximum absolute atomic E-state index is 10.9. The molecule has 2 aliphatic rings. The van der Waals surface area contributed by atoms with Gasteiger partial charge in [0.2, 0.25) is 0 Å². The molecular formula is C9H14O3. The van der Waals surface area contributed by atoms with Crippen molar-refractivity contribution in [2.75, 3.05) is 6.61 Å². The summed E-state index contributed by atoms with van der Waals surface area (Å²) in [6.45, 7) is 0.237. The molecule has 2 fully saturated rings. The molecule has 0 aromatic rings. The second-order valence-electron chi connectivity index (χ2n) is 3.85. The predicted molar refractivity (Wildman–Crippen MR) is 42.4 cm³/mol. The Kier molecular flexibility index (Phi) is 2.05. The van der Waals surface area contributed by atoms with Crippen LogP contribution in [0.4, 0.5) is 0 Å². The van der Waals surface area contributed by atoms with Crippen LogP contribution >= 0.6 is 0 Å². The molecule has 0 unspecified atom stereocenters. The second-order valence-corrected chi connectivity index (χ2v) is 3.85. The van der Waals surface area contributed by atoms with Crippen molar-refractivity contribution in [1.82, 2.24) is 0 Å². The highest BCUT2D eigenvalue weighted by molar-refractivity contribution is 5.72. The number of rotatable bonds is 1. The van der Waals surface area contributed by atoms with Gasteiger partial charge in [-0.25, -0.2) is 0 Å². The molecule has 12 heavy (non-hydrogen) atoms. The van der Waals surface area contributed by atoms with Gasteiger partial charge in [-0.05, 0) is 25.2 Å². The molecule has 1 saturated heterocycles. The van der Waals surface area contributed by atoms with E-state index in [1.54, 1.807) is 0 Å². The first-order chi connectivity index (χ1) is 5.79. The Labute approximate surface area is 71.7 Å². The summed E-state index contributed by atoms with van der Waals surface area (Å²) < 4.78 is 5.15. The molecule has 2 rings (SSSR count). The highest BCUT2D eigenvalue weighted by atomic mass is 16.5. The maximum Gasteiger partial charge on any atom is 0.306 e. The lowest BCUT2D eigenvalue weighted by atomic mass is 9.80. The Balaban J connectivity index is 1.97. The molecule has 0 spiro atoms. The molecule has 0 aromatic carbocycles. The van der Waals surface area contributed by atoms with Crippen molar-refractivity contribution in [2.45, 2.75) is 31.8 Å². The summed E-state index contributed by atoms with van der Waals surface area (Å²) in [7, 11) is 0. The Morgan fingerprint density at radius 3 is 3.08 bits per heavy atom. The van der Waals surface area contributed by atoms with Gasteiger partial charge in [0.25, 0.3) is 0 Å². The fraction of sp³-hybridized carbons (Fsp3) is 0.889. The minimum absolute atomic E-state index is 0.0522. The number of hydrogen-bond acceptors (Lipinski definition) is 3. The number of aliphatic hydroxyl groups excluding tert-OH is 1. The van der Waals surface area contributed by atoms with E-state index < -0.39 is 0 Å². The number of esters is 1. The van der Waals surface area contributed by atoms with Crippen LogP contribution in [0.2, 0.25) is 0 Å². The molecule has 0 radical (unpaired) electrons. The van der Waals surface area contributed by atoms with E-state index in [-0.39, 0.29) is 18.7 Å². The Hall–Kier alpha value is -0.570. The highest BCUT2D eigenvalue weighted by Gasteiger charge is 2.39. The topological polar surface area (TPSA) is 46.5 Å². The molecule has 1 N–H and O–H groups in total. The Morgan fingerprint density at radius 1 is 1.50 bits per heavy atom. The van der Waals surface area contributed by atoms with Crippen molar-refractivity contribution >= 4 is 5.97 Å². The molecule has 0 bridgehead atoms. The summed E-state index contributed by atoms with van der Waals surface area (Å²) in [6, 6.07) is 0. The van der Waals surface area contributed by atoms with E-state index in [1.807, 2.05) is 0 Å². The number of aliphatic hydroxyl groups is 1. The first-order valence-corrected chi connectivity index (χ1v) is 4.60. The summed E-state index contributed by atoms with van der Waals surface area (Å²) in [4.78, 5) is 10.9. The van der Waals surface area contributed by atoms with E-state index >= 15 is 0 Å². The molecule has 3 heteroatoms. The fourth-order valence-electron chi connectivity index (χ4n) is 2.25. The van der Waals surface area contributed by atoms with E-state index in [1.165, 1.54) is 0 Å². The van der Waals surface area contributed by atoms with Crippen LogP contribution < -0.4 is 0 Å². The minimum Gasteiger partial charge on any atom is -0.462 e. The number of hydrogen-bond donors (Lipinski definition) is 1. The van der Waals surface area contributed by atoms with Crippen LogP contribution in [-0.4, -0.2) is 23.8 Å². The lowest BCUT2D eigenvalue weighted by Gasteiger charge is -2.28. The summed E-state index contributed by atoms with van der Waals surface area (Å²) >= 11 is 0. The molecule has 3 nitrogen and oxygen atoms in total. The van der Waals surface area contributed by atoms with Crippen molar-refractivity contribution in [2.24, 2.45) is 11.8 Å². The zero-order chi connectivity index (χ0) is 8.55. The molecule has 3 atom stereocenters. The fourth-order valence-corrected chi connectivity index (χ4v) is 2.25. The third-order valence-electron chi connectivity index (χ3n) is 3.01. The van der Waals surface area contributed by atoms with Crippen LogP contribution in [0.15, 0.2) is 0 Å². The normalized spacial score (nSPS) is 40.8. The summed E-state index contributed by atoms with van der Waals surface area (Å²) in [5, 5.41) is 8.94. The number of carbonyl (C=O) groups is 1. The van der Waals surface area contributed by atoms with Gasteiger partial charge in [0.05, 0.1) is 6.42 Å². The van der Waals surface area contributed by atoms with E-state index in [9.17, 15) is 4.79 Å². The monoisotopic (exact) mass is 170 g/mol. The van der Waals surface area contributed by atoms with Crippen LogP contribution in [0.3, 0.4) is 0 Å². The van der Waals surface area contributed by atoms with Gasteiger partial charge in [0, 0.05) is 12.5 Å². The molecule has 1 saturated carbocycles. The molecule has 0 amide bonds.